The molecule has 1 aromatic carbocycles. The number of benzene rings is 1. The molecule has 0 radical (unpaired) electrons. The van der Waals surface area contributed by atoms with Gasteiger partial charge >= 0.3 is 0 Å². The van der Waals surface area contributed by atoms with Crippen LogP contribution in [0.1, 0.15) is 11.3 Å². The molecule has 2 heterocycles. The average Bonchev–Trinajstić information content (AvgIpc) is 2.59. The first-order chi connectivity index (χ1) is 11.6. The molecule has 1 aromatic heterocycles. The zero-order valence-corrected chi connectivity index (χ0v) is 13.3. The lowest BCUT2D eigenvalue weighted by atomic mass is 9.93. The first-order valence-electron chi connectivity index (χ1n) is 7.91. The van der Waals surface area contributed by atoms with E-state index >= 15 is 0 Å². The maximum absolute atomic E-state index is 13.1. The van der Waals surface area contributed by atoms with Gasteiger partial charge in [0.05, 0.1) is 25.1 Å². The van der Waals surface area contributed by atoms with Crippen molar-refractivity contribution in [1.82, 2.24) is 9.88 Å². The fraction of sp³-hybridized carbons (Fsp3) is 0.389. The molecule has 128 valence electrons. The average molecular weight is 334 g/mol. The van der Waals surface area contributed by atoms with Crippen LogP contribution in [0.4, 0.5) is 8.78 Å². The highest BCUT2D eigenvalue weighted by molar-refractivity contribution is 5.19. The van der Waals surface area contributed by atoms with E-state index in [0.29, 0.717) is 32.7 Å². The Morgan fingerprint density at radius 3 is 2.54 bits per heavy atom. The number of aliphatic hydroxyl groups excluding tert-OH is 1. The summed E-state index contributed by atoms with van der Waals surface area (Å²) in [6.07, 6.45) is 1.70. The summed E-state index contributed by atoms with van der Waals surface area (Å²) < 4.78 is 31.9. The summed E-state index contributed by atoms with van der Waals surface area (Å²) >= 11 is 0. The van der Waals surface area contributed by atoms with Gasteiger partial charge in [0.2, 0.25) is 0 Å². The van der Waals surface area contributed by atoms with Gasteiger partial charge in [-0.3, -0.25) is 9.88 Å². The minimum Gasteiger partial charge on any atom is -0.393 e. The number of ether oxygens (including phenoxy) is 1. The van der Waals surface area contributed by atoms with Crippen LogP contribution < -0.4 is 0 Å². The molecule has 1 saturated heterocycles. The molecule has 1 atom stereocenters. The molecule has 0 aliphatic carbocycles. The number of hydrogen-bond donors (Lipinski definition) is 1. The maximum atomic E-state index is 13.1. The molecule has 2 aromatic rings. The summed E-state index contributed by atoms with van der Waals surface area (Å²) in [4.78, 5) is 6.21. The molecule has 0 saturated carbocycles. The van der Waals surface area contributed by atoms with E-state index in [-0.39, 0.29) is 18.2 Å². The third-order valence-corrected chi connectivity index (χ3v) is 4.23. The largest absolute Gasteiger partial charge is 0.393 e. The summed E-state index contributed by atoms with van der Waals surface area (Å²) in [5.74, 6) is -0.646. The Kier molecular flexibility index (Phi) is 5.18. The molecule has 1 aliphatic heterocycles. The summed E-state index contributed by atoms with van der Waals surface area (Å²) in [5, 5.41) is 9.89. The van der Waals surface area contributed by atoms with Crippen molar-refractivity contribution in [3.63, 3.8) is 0 Å². The third-order valence-electron chi connectivity index (χ3n) is 4.23. The molecular weight excluding hydrogens is 314 g/mol. The van der Waals surface area contributed by atoms with Gasteiger partial charge in [0.1, 0.15) is 17.2 Å². The van der Waals surface area contributed by atoms with Crippen molar-refractivity contribution in [3.8, 4) is 0 Å². The Hall–Kier alpha value is -1.89. The van der Waals surface area contributed by atoms with Crippen molar-refractivity contribution in [2.45, 2.75) is 18.6 Å². The minimum atomic E-state index is -0.726. The van der Waals surface area contributed by atoms with E-state index in [1.54, 1.807) is 18.2 Å². The van der Waals surface area contributed by atoms with Gasteiger partial charge in [-0.05, 0) is 29.8 Å². The van der Waals surface area contributed by atoms with Gasteiger partial charge in [0.15, 0.2) is 0 Å². The highest BCUT2D eigenvalue weighted by atomic mass is 19.1. The quantitative estimate of drug-likeness (QED) is 0.910. The topological polar surface area (TPSA) is 45.6 Å². The molecule has 1 N–H and O–H groups in total. The Morgan fingerprint density at radius 1 is 1.12 bits per heavy atom. The number of pyridine rings is 1. The molecule has 24 heavy (non-hydrogen) atoms. The Bertz CT molecular complexity index is 664. The molecule has 0 amide bonds. The van der Waals surface area contributed by atoms with E-state index in [9.17, 15) is 13.9 Å². The van der Waals surface area contributed by atoms with Crippen molar-refractivity contribution in [2.24, 2.45) is 0 Å². The lowest BCUT2D eigenvalue weighted by Gasteiger charge is -2.41. The van der Waals surface area contributed by atoms with E-state index in [0.717, 1.165) is 11.3 Å². The summed E-state index contributed by atoms with van der Waals surface area (Å²) in [7, 11) is 0. The van der Waals surface area contributed by atoms with Gasteiger partial charge in [0.25, 0.3) is 0 Å². The summed E-state index contributed by atoms with van der Waals surface area (Å²) in [6.45, 7) is 2.17. The zero-order chi connectivity index (χ0) is 17.0. The monoisotopic (exact) mass is 334 g/mol. The molecule has 4 nitrogen and oxygen atoms in total. The van der Waals surface area contributed by atoms with Crippen molar-refractivity contribution >= 4 is 0 Å². The van der Waals surface area contributed by atoms with Crippen molar-refractivity contribution in [3.05, 3.63) is 65.5 Å². The van der Waals surface area contributed by atoms with Gasteiger partial charge in [-0.15, -0.1) is 0 Å². The molecule has 0 bridgehead atoms. The van der Waals surface area contributed by atoms with E-state index in [2.05, 4.69) is 9.88 Å². The molecule has 1 unspecified atom stereocenters. The van der Waals surface area contributed by atoms with Crippen LogP contribution in [0.5, 0.6) is 0 Å². The van der Waals surface area contributed by atoms with Gasteiger partial charge in [-0.25, -0.2) is 8.78 Å². The second-order valence-electron chi connectivity index (χ2n) is 6.17. The van der Waals surface area contributed by atoms with Crippen LogP contribution in [0.2, 0.25) is 0 Å². The highest BCUT2D eigenvalue weighted by Crippen LogP contribution is 2.24. The van der Waals surface area contributed by atoms with Gasteiger partial charge in [-0.2, -0.15) is 0 Å². The minimum absolute atomic E-state index is 0.127. The number of nitrogens with zero attached hydrogens (tertiary/aromatic N) is 2. The smallest absolute Gasteiger partial charge is 0.141 e. The van der Waals surface area contributed by atoms with Gasteiger partial charge < -0.3 is 9.84 Å². The van der Waals surface area contributed by atoms with Crippen LogP contribution in [0.3, 0.4) is 0 Å². The second kappa shape index (κ2) is 7.34. The lowest BCUT2D eigenvalue weighted by Crippen LogP contribution is -2.55. The fourth-order valence-corrected chi connectivity index (χ4v) is 3.02. The molecule has 3 rings (SSSR count). The predicted octanol–water partition coefficient (Wildman–Crippen LogP) is 2.17. The van der Waals surface area contributed by atoms with E-state index in [1.165, 1.54) is 24.4 Å². The number of rotatable bonds is 5. The molecule has 1 aliphatic rings. The highest BCUT2D eigenvalue weighted by Gasteiger charge is 2.36. The SMILES string of the molecule is OCC1(Cc2ccc(F)cc2)CN(Cc2ccc(F)cn2)CCO1. The number of aliphatic hydroxyl groups is 1. The Labute approximate surface area is 139 Å². The summed E-state index contributed by atoms with van der Waals surface area (Å²) in [6, 6.07) is 9.27. The normalized spacial score (nSPS) is 21.8. The van der Waals surface area contributed by atoms with Crippen LogP contribution in [-0.4, -0.2) is 46.9 Å². The number of halogens is 2. The number of morpholine rings is 1. The fourth-order valence-electron chi connectivity index (χ4n) is 3.02. The molecular formula is C18H20F2N2O2. The lowest BCUT2D eigenvalue weighted by molar-refractivity contribution is -0.134. The van der Waals surface area contributed by atoms with Crippen LogP contribution in [0.15, 0.2) is 42.6 Å². The van der Waals surface area contributed by atoms with Crippen LogP contribution in [0, 0.1) is 11.6 Å². The third kappa shape index (κ3) is 4.14. The first kappa shape index (κ1) is 17.0. The maximum Gasteiger partial charge on any atom is 0.141 e. The standard InChI is InChI=1S/C18H20F2N2O2/c19-15-3-1-14(2-4-15)9-18(13-23)12-22(7-8-24-18)11-17-6-5-16(20)10-21-17/h1-6,10,23H,7-9,11-13H2. The van der Waals surface area contributed by atoms with Crippen molar-refractivity contribution in [1.29, 1.82) is 0 Å². The van der Waals surface area contributed by atoms with Crippen molar-refractivity contribution in [2.75, 3.05) is 26.3 Å². The van der Waals surface area contributed by atoms with Gasteiger partial charge in [0, 0.05) is 26.1 Å². The van der Waals surface area contributed by atoms with Crippen molar-refractivity contribution < 1.29 is 18.6 Å². The zero-order valence-electron chi connectivity index (χ0n) is 13.3. The first-order valence-corrected chi connectivity index (χ1v) is 7.91. The molecule has 6 heteroatoms. The molecule has 1 fully saturated rings. The van der Waals surface area contributed by atoms with E-state index in [4.69, 9.17) is 4.74 Å². The van der Waals surface area contributed by atoms with E-state index in [1.807, 2.05) is 0 Å². The van der Waals surface area contributed by atoms with Crippen LogP contribution >= 0.6 is 0 Å². The van der Waals surface area contributed by atoms with E-state index < -0.39 is 5.60 Å². The number of aromatic nitrogens is 1. The Balaban J connectivity index is 1.69. The number of hydrogen-bond acceptors (Lipinski definition) is 4. The summed E-state index contributed by atoms with van der Waals surface area (Å²) in [5.41, 5.74) is 0.954. The second-order valence-corrected chi connectivity index (χ2v) is 6.17. The van der Waals surface area contributed by atoms with Gasteiger partial charge in [-0.1, -0.05) is 12.1 Å². The Morgan fingerprint density at radius 2 is 1.88 bits per heavy atom. The van der Waals surface area contributed by atoms with Crippen LogP contribution in [-0.2, 0) is 17.7 Å². The molecule has 0 spiro atoms. The predicted molar refractivity (Wildman–Crippen MR) is 85.3 cm³/mol. The van der Waals surface area contributed by atoms with Crippen LogP contribution in [0.25, 0.3) is 0 Å².